The first kappa shape index (κ1) is 21.6. The lowest BCUT2D eigenvalue weighted by atomic mass is 9.78. The fourth-order valence-electron chi connectivity index (χ4n) is 3.52. The first-order chi connectivity index (χ1) is 14.0. The normalized spacial score (nSPS) is 12.5. The molecule has 1 amide bonds. The average Bonchev–Trinajstić information content (AvgIpc) is 2.66. The van der Waals surface area contributed by atoms with Gasteiger partial charge in [-0.05, 0) is 45.4 Å². The molecule has 0 unspecified atom stereocenters. The van der Waals surface area contributed by atoms with Crippen molar-refractivity contribution in [1.82, 2.24) is 5.43 Å². The van der Waals surface area contributed by atoms with Gasteiger partial charge in [-0.1, -0.05) is 77.9 Å². The minimum absolute atomic E-state index is 0.222. The molecule has 0 atom stereocenters. The van der Waals surface area contributed by atoms with Gasteiger partial charge in [-0.25, -0.2) is 5.43 Å². The highest BCUT2D eigenvalue weighted by molar-refractivity contribution is 6.07. The average molecular weight is 403 g/mol. The number of carbonyl (C=O) groups is 1. The van der Waals surface area contributed by atoms with Crippen molar-refractivity contribution >= 4 is 22.9 Å². The van der Waals surface area contributed by atoms with E-state index in [9.17, 15) is 9.90 Å². The van der Waals surface area contributed by atoms with E-state index >= 15 is 0 Å². The second-order valence-electron chi connectivity index (χ2n) is 9.69. The van der Waals surface area contributed by atoms with Gasteiger partial charge in [-0.15, -0.1) is 0 Å². The SMILES string of the molecule is CC(C)(C)c1cc(C=NNC(=O)c2cccc3ccccc23)cc(C(C)(C)C)c1O. The molecule has 0 fully saturated rings. The van der Waals surface area contributed by atoms with Crippen LogP contribution in [0.4, 0.5) is 0 Å². The van der Waals surface area contributed by atoms with E-state index in [0.29, 0.717) is 11.3 Å². The van der Waals surface area contributed by atoms with E-state index in [-0.39, 0.29) is 16.7 Å². The van der Waals surface area contributed by atoms with Gasteiger partial charge in [-0.2, -0.15) is 5.10 Å². The van der Waals surface area contributed by atoms with E-state index in [1.165, 1.54) is 0 Å². The van der Waals surface area contributed by atoms with Crippen LogP contribution in [0.2, 0.25) is 0 Å². The number of hydrogen-bond donors (Lipinski definition) is 2. The molecule has 0 bridgehead atoms. The fourth-order valence-corrected chi connectivity index (χ4v) is 3.52. The highest BCUT2D eigenvalue weighted by Gasteiger charge is 2.26. The topological polar surface area (TPSA) is 61.7 Å². The predicted octanol–water partition coefficient (Wildman–Crippen LogP) is 5.90. The minimum atomic E-state index is -0.256. The number of benzene rings is 3. The van der Waals surface area contributed by atoms with E-state index < -0.39 is 0 Å². The Bertz CT molecular complexity index is 1080. The van der Waals surface area contributed by atoms with Crippen LogP contribution in [0, 0.1) is 0 Å². The van der Waals surface area contributed by atoms with Gasteiger partial charge in [0.05, 0.1) is 6.21 Å². The van der Waals surface area contributed by atoms with Gasteiger partial charge in [-0.3, -0.25) is 4.79 Å². The second-order valence-corrected chi connectivity index (χ2v) is 9.69. The lowest BCUT2D eigenvalue weighted by Crippen LogP contribution is -2.19. The number of hydrogen-bond acceptors (Lipinski definition) is 3. The maximum absolute atomic E-state index is 12.7. The number of phenols is 1. The zero-order chi connectivity index (χ0) is 22.1. The Labute approximate surface area is 178 Å². The van der Waals surface area contributed by atoms with E-state index in [0.717, 1.165) is 27.5 Å². The van der Waals surface area contributed by atoms with Crippen LogP contribution in [0.3, 0.4) is 0 Å². The summed E-state index contributed by atoms with van der Waals surface area (Å²) in [6.07, 6.45) is 1.63. The molecule has 0 radical (unpaired) electrons. The van der Waals surface area contributed by atoms with Gasteiger partial charge < -0.3 is 5.11 Å². The van der Waals surface area contributed by atoms with Crippen molar-refractivity contribution in [2.24, 2.45) is 5.10 Å². The molecule has 0 aliphatic heterocycles. The molecule has 0 spiro atoms. The number of aromatic hydroxyl groups is 1. The first-order valence-corrected chi connectivity index (χ1v) is 10.2. The van der Waals surface area contributed by atoms with Crippen molar-refractivity contribution in [3.8, 4) is 5.75 Å². The lowest BCUT2D eigenvalue weighted by Gasteiger charge is -2.27. The Morgan fingerprint density at radius 1 is 0.900 bits per heavy atom. The summed E-state index contributed by atoms with van der Waals surface area (Å²) >= 11 is 0. The molecule has 4 nitrogen and oxygen atoms in total. The van der Waals surface area contributed by atoms with Crippen LogP contribution in [0.5, 0.6) is 5.75 Å². The van der Waals surface area contributed by atoms with Crippen molar-refractivity contribution < 1.29 is 9.90 Å². The second kappa shape index (κ2) is 7.94. The molecule has 2 N–H and O–H groups in total. The summed E-state index contributed by atoms with van der Waals surface area (Å²) in [5, 5.41) is 16.9. The van der Waals surface area contributed by atoms with Crippen LogP contribution >= 0.6 is 0 Å². The summed E-state index contributed by atoms with van der Waals surface area (Å²) in [4.78, 5) is 12.7. The molecule has 3 rings (SSSR count). The van der Waals surface area contributed by atoms with Gasteiger partial charge in [0, 0.05) is 16.7 Å². The molecule has 0 heterocycles. The smallest absolute Gasteiger partial charge is 0.271 e. The van der Waals surface area contributed by atoms with Crippen LogP contribution in [-0.4, -0.2) is 17.2 Å². The number of carbonyl (C=O) groups excluding carboxylic acids is 1. The van der Waals surface area contributed by atoms with Crippen LogP contribution in [0.25, 0.3) is 10.8 Å². The number of phenolic OH excluding ortho intramolecular Hbond substituents is 1. The standard InChI is InChI=1S/C26H30N2O2/c1-25(2,3)21-14-17(15-22(23(21)29)26(4,5)6)16-27-28-24(30)20-13-9-11-18-10-7-8-12-19(18)20/h7-16,29H,1-6H3,(H,28,30). The molecule has 0 aliphatic rings. The summed E-state index contributed by atoms with van der Waals surface area (Å²) in [6, 6.07) is 17.3. The summed E-state index contributed by atoms with van der Waals surface area (Å²) in [7, 11) is 0. The Kier molecular flexibility index (Phi) is 5.71. The van der Waals surface area contributed by atoms with Gasteiger partial charge in [0.15, 0.2) is 0 Å². The van der Waals surface area contributed by atoms with Crippen molar-refractivity contribution in [1.29, 1.82) is 0 Å². The summed E-state index contributed by atoms with van der Waals surface area (Å²) < 4.78 is 0. The van der Waals surface area contributed by atoms with Gasteiger partial charge >= 0.3 is 0 Å². The Morgan fingerprint density at radius 3 is 2.07 bits per heavy atom. The van der Waals surface area contributed by atoms with Crippen LogP contribution in [0.15, 0.2) is 59.7 Å². The van der Waals surface area contributed by atoms with Gasteiger partial charge in [0.2, 0.25) is 0 Å². The molecule has 0 aliphatic carbocycles. The van der Waals surface area contributed by atoms with E-state index in [4.69, 9.17) is 0 Å². The fraction of sp³-hybridized carbons (Fsp3) is 0.308. The molecule has 3 aromatic rings. The third-order valence-electron chi connectivity index (χ3n) is 5.16. The number of amides is 1. The molecule has 156 valence electrons. The van der Waals surface area contributed by atoms with Crippen LogP contribution in [-0.2, 0) is 10.8 Å². The summed E-state index contributed by atoms with van der Waals surface area (Å²) in [5.41, 5.74) is 5.33. The molecule has 0 aromatic heterocycles. The summed E-state index contributed by atoms with van der Waals surface area (Å²) in [6.45, 7) is 12.4. The third kappa shape index (κ3) is 4.54. The minimum Gasteiger partial charge on any atom is -0.507 e. The Hall–Kier alpha value is -3.14. The zero-order valence-corrected chi connectivity index (χ0v) is 18.6. The first-order valence-electron chi connectivity index (χ1n) is 10.2. The molecular weight excluding hydrogens is 372 g/mol. The monoisotopic (exact) mass is 402 g/mol. The zero-order valence-electron chi connectivity index (χ0n) is 18.6. The molecule has 30 heavy (non-hydrogen) atoms. The van der Waals surface area contributed by atoms with Gasteiger partial charge in [0.1, 0.15) is 5.75 Å². The number of rotatable bonds is 3. The van der Waals surface area contributed by atoms with Crippen molar-refractivity contribution in [3.05, 3.63) is 76.9 Å². The predicted molar refractivity (Wildman–Crippen MR) is 125 cm³/mol. The highest BCUT2D eigenvalue weighted by Crippen LogP contribution is 2.39. The lowest BCUT2D eigenvalue weighted by molar-refractivity contribution is 0.0957. The largest absolute Gasteiger partial charge is 0.507 e. The Morgan fingerprint density at radius 2 is 1.47 bits per heavy atom. The highest BCUT2D eigenvalue weighted by atomic mass is 16.3. The maximum atomic E-state index is 12.7. The molecule has 0 saturated carbocycles. The van der Waals surface area contributed by atoms with Crippen molar-refractivity contribution in [2.45, 2.75) is 52.4 Å². The third-order valence-corrected chi connectivity index (χ3v) is 5.16. The van der Waals surface area contributed by atoms with E-state index in [1.807, 2.05) is 48.5 Å². The molecule has 4 heteroatoms. The quantitative estimate of drug-likeness (QED) is 0.423. The summed E-state index contributed by atoms with van der Waals surface area (Å²) in [5.74, 6) is 0.0702. The maximum Gasteiger partial charge on any atom is 0.271 e. The van der Waals surface area contributed by atoms with Crippen molar-refractivity contribution in [2.75, 3.05) is 0 Å². The van der Waals surface area contributed by atoms with Crippen LogP contribution in [0.1, 0.15) is 68.6 Å². The number of nitrogens with one attached hydrogen (secondary N) is 1. The molecular formula is C26H30N2O2. The Balaban J connectivity index is 1.91. The van der Waals surface area contributed by atoms with Crippen LogP contribution < -0.4 is 5.43 Å². The van der Waals surface area contributed by atoms with E-state index in [1.54, 1.807) is 12.3 Å². The number of nitrogens with zero attached hydrogens (tertiary/aromatic N) is 1. The van der Waals surface area contributed by atoms with Crippen molar-refractivity contribution in [3.63, 3.8) is 0 Å². The molecule has 0 saturated heterocycles. The van der Waals surface area contributed by atoms with E-state index in [2.05, 4.69) is 52.1 Å². The molecule has 3 aromatic carbocycles. The number of hydrazone groups is 1. The van der Waals surface area contributed by atoms with Gasteiger partial charge in [0.25, 0.3) is 5.91 Å². The number of fused-ring (bicyclic) bond motifs is 1.